The van der Waals surface area contributed by atoms with Crippen LogP contribution in [0.25, 0.3) is 0 Å². The Morgan fingerprint density at radius 3 is 2.41 bits per heavy atom. The fourth-order valence-corrected chi connectivity index (χ4v) is 4.30. The first-order valence-corrected chi connectivity index (χ1v) is 11.5. The molecule has 0 aromatic heterocycles. The molecule has 4 N–H and O–H groups in total. The molecule has 0 radical (unpaired) electrons. The van der Waals surface area contributed by atoms with E-state index in [1.165, 1.54) is 0 Å². The van der Waals surface area contributed by atoms with E-state index in [-0.39, 0.29) is 30.5 Å². The highest BCUT2D eigenvalue weighted by Gasteiger charge is 2.12. The molecule has 12 heteroatoms. The zero-order valence-corrected chi connectivity index (χ0v) is 21.5. The highest BCUT2D eigenvalue weighted by atomic mass is 79.9. The molecule has 0 saturated carbocycles. The van der Waals surface area contributed by atoms with Gasteiger partial charge in [-0.2, -0.15) is 0 Å². The molecule has 0 atom stereocenters. The largest absolute Gasteiger partial charge is 0.482 e. The van der Waals surface area contributed by atoms with Gasteiger partial charge in [-0.3, -0.25) is 30.6 Å². The first-order valence-electron chi connectivity index (χ1n) is 9.17. The molecule has 32 heavy (non-hydrogen) atoms. The van der Waals surface area contributed by atoms with E-state index in [0.717, 1.165) is 10.0 Å². The third kappa shape index (κ3) is 8.73. The van der Waals surface area contributed by atoms with Crippen LogP contribution in [-0.4, -0.2) is 29.4 Å². The summed E-state index contributed by atoms with van der Waals surface area (Å²) in [5.74, 6) is -0.826. The summed E-state index contributed by atoms with van der Waals surface area (Å²) < 4.78 is 7.10. The Kier molecular flexibility index (Phi) is 10.4. The summed E-state index contributed by atoms with van der Waals surface area (Å²) in [4.78, 5) is 35.8. The number of halogens is 3. The molecular weight excluding hydrogens is 588 g/mol. The number of hydrazine groups is 1. The Balaban J connectivity index is 1.67. The maximum atomic E-state index is 12.0. The molecule has 2 aromatic rings. The summed E-state index contributed by atoms with van der Waals surface area (Å²) in [5.41, 5.74) is 6.02. The maximum Gasteiger partial charge on any atom is 0.264 e. The number of hydrogen-bond donors (Lipinski definition) is 4. The van der Waals surface area contributed by atoms with Gasteiger partial charge in [0.15, 0.2) is 11.7 Å². The lowest BCUT2D eigenvalue weighted by atomic mass is 10.2. The topological polar surface area (TPSA) is 109 Å². The molecule has 0 aliphatic rings. The molecule has 170 valence electrons. The van der Waals surface area contributed by atoms with Gasteiger partial charge in [-0.1, -0.05) is 39.7 Å². The van der Waals surface area contributed by atoms with Crippen LogP contribution in [0.15, 0.2) is 45.3 Å². The van der Waals surface area contributed by atoms with Gasteiger partial charge < -0.3 is 10.1 Å². The van der Waals surface area contributed by atoms with Crippen molar-refractivity contribution in [1.82, 2.24) is 16.2 Å². The minimum atomic E-state index is -0.509. The van der Waals surface area contributed by atoms with Crippen LogP contribution in [0, 0.1) is 6.92 Å². The summed E-state index contributed by atoms with van der Waals surface area (Å²) in [6.45, 7) is 1.57. The minimum Gasteiger partial charge on any atom is -0.482 e. The number of carbonyl (C=O) groups excluding carboxylic acids is 3. The smallest absolute Gasteiger partial charge is 0.264 e. The highest BCUT2D eigenvalue weighted by molar-refractivity contribution is 9.11. The zero-order chi connectivity index (χ0) is 23.7. The van der Waals surface area contributed by atoms with Crippen molar-refractivity contribution in [1.29, 1.82) is 0 Å². The first kappa shape index (κ1) is 26.0. The van der Waals surface area contributed by atoms with Crippen molar-refractivity contribution in [3.05, 3.63) is 55.9 Å². The van der Waals surface area contributed by atoms with Gasteiger partial charge in [0, 0.05) is 17.3 Å². The van der Waals surface area contributed by atoms with Crippen molar-refractivity contribution in [2.75, 3.05) is 11.9 Å². The van der Waals surface area contributed by atoms with Gasteiger partial charge in [0.1, 0.15) is 5.75 Å². The number of aryl methyl sites for hydroxylation is 1. The summed E-state index contributed by atoms with van der Waals surface area (Å²) in [5, 5.41) is 5.29. The molecule has 0 unspecified atom stereocenters. The number of carbonyl (C=O) groups is 3. The number of hydrogen-bond acceptors (Lipinski definition) is 5. The number of amides is 3. The SMILES string of the molecule is Cc1cc(Br)cc(Br)c1OCC(=O)NC(=S)NNC(=O)CCC(=O)Nc1ccccc1Cl. The first-order chi connectivity index (χ1) is 15.2. The number of nitrogens with one attached hydrogen (secondary N) is 4. The van der Waals surface area contributed by atoms with Gasteiger partial charge in [-0.15, -0.1) is 0 Å². The van der Waals surface area contributed by atoms with E-state index >= 15 is 0 Å². The lowest BCUT2D eigenvalue weighted by Crippen LogP contribution is -2.49. The van der Waals surface area contributed by atoms with E-state index in [1.54, 1.807) is 30.3 Å². The van der Waals surface area contributed by atoms with E-state index in [0.29, 0.717) is 20.9 Å². The number of thiocarbonyl (C=S) groups is 1. The molecule has 0 fully saturated rings. The van der Waals surface area contributed by atoms with Crippen molar-refractivity contribution >= 4 is 84.2 Å². The predicted octanol–water partition coefficient (Wildman–Crippen LogP) is 3.99. The zero-order valence-electron chi connectivity index (χ0n) is 16.8. The van der Waals surface area contributed by atoms with Crippen LogP contribution in [0.3, 0.4) is 0 Å². The average Bonchev–Trinajstić information content (AvgIpc) is 2.71. The Morgan fingerprint density at radius 2 is 1.72 bits per heavy atom. The van der Waals surface area contributed by atoms with Crippen LogP contribution in [-0.2, 0) is 14.4 Å². The molecule has 0 bridgehead atoms. The van der Waals surface area contributed by atoms with E-state index in [9.17, 15) is 14.4 Å². The number of ether oxygens (including phenoxy) is 1. The summed E-state index contributed by atoms with van der Waals surface area (Å²) in [6.07, 6.45) is -0.160. The van der Waals surface area contributed by atoms with Gasteiger partial charge in [-0.05, 0) is 64.9 Å². The van der Waals surface area contributed by atoms with Crippen LogP contribution in [0.4, 0.5) is 5.69 Å². The van der Waals surface area contributed by atoms with Crippen LogP contribution in [0.2, 0.25) is 5.02 Å². The third-order valence-electron chi connectivity index (χ3n) is 3.84. The molecule has 0 aliphatic heterocycles. The molecule has 0 aliphatic carbocycles. The van der Waals surface area contributed by atoms with E-state index in [4.69, 9.17) is 28.6 Å². The van der Waals surface area contributed by atoms with E-state index in [2.05, 4.69) is 53.3 Å². The van der Waals surface area contributed by atoms with Crippen molar-refractivity contribution in [3.8, 4) is 5.75 Å². The quantitative estimate of drug-likeness (QED) is 0.281. The Morgan fingerprint density at radius 1 is 1.03 bits per heavy atom. The maximum absolute atomic E-state index is 12.0. The second-order valence-corrected chi connectivity index (χ2v) is 8.99. The van der Waals surface area contributed by atoms with E-state index in [1.807, 2.05) is 13.0 Å². The van der Waals surface area contributed by atoms with Crippen LogP contribution >= 0.6 is 55.7 Å². The normalized spacial score (nSPS) is 10.1. The van der Waals surface area contributed by atoms with Crippen LogP contribution in [0.5, 0.6) is 5.75 Å². The number of anilines is 1. The summed E-state index contributed by atoms with van der Waals surface area (Å²) in [7, 11) is 0. The lowest BCUT2D eigenvalue weighted by Gasteiger charge is -2.13. The predicted molar refractivity (Wildman–Crippen MR) is 133 cm³/mol. The molecule has 3 amide bonds. The highest BCUT2D eigenvalue weighted by Crippen LogP contribution is 2.32. The Hall–Kier alpha value is -2.21. The molecular formula is C20H19Br2ClN4O4S. The van der Waals surface area contributed by atoms with Crippen LogP contribution in [0.1, 0.15) is 18.4 Å². The van der Waals surface area contributed by atoms with Crippen molar-refractivity contribution in [2.24, 2.45) is 0 Å². The minimum absolute atomic E-state index is 0.0624. The molecule has 0 saturated heterocycles. The van der Waals surface area contributed by atoms with Crippen molar-refractivity contribution < 1.29 is 19.1 Å². The number of benzene rings is 2. The Labute approximate surface area is 212 Å². The third-order valence-corrected chi connectivity index (χ3v) is 5.42. The fourth-order valence-electron chi connectivity index (χ4n) is 2.39. The Bertz CT molecular complexity index is 1020. The lowest BCUT2D eigenvalue weighted by molar-refractivity contribution is -0.125. The monoisotopic (exact) mass is 604 g/mol. The summed E-state index contributed by atoms with van der Waals surface area (Å²) >= 11 is 17.7. The van der Waals surface area contributed by atoms with Crippen LogP contribution < -0.4 is 26.2 Å². The van der Waals surface area contributed by atoms with E-state index < -0.39 is 11.8 Å². The fraction of sp³-hybridized carbons (Fsp3) is 0.200. The molecule has 0 spiro atoms. The molecule has 2 rings (SSSR count). The number of para-hydroxylation sites is 1. The second-order valence-electron chi connectivity index (χ2n) is 6.40. The van der Waals surface area contributed by atoms with Gasteiger partial charge in [0.05, 0.1) is 15.2 Å². The van der Waals surface area contributed by atoms with Crippen molar-refractivity contribution in [3.63, 3.8) is 0 Å². The summed E-state index contributed by atoms with van der Waals surface area (Å²) in [6, 6.07) is 10.4. The standard InChI is InChI=1S/C20H19Br2ClN4O4S/c1-11-8-12(21)9-13(22)19(11)31-10-18(30)25-20(32)27-26-17(29)7-6-16(28)24-15-5-3-2-4-14(15)23/h2-5,8-9H,6-7,10H2,1H3,(H,24,28)(H,26,29)(H2,25,27,30,32). The number of rotatable bonds is 7. The molecule has 8 nitrogen and oxygen atoms in total. The van der Waals surface area contributed by atoms with Gasteiger partial charge in [0.2, 0.25) is 11.8 Å². The van der Waals surface area contributed by atoms with Crippen molar-refractivity contribution in [2.45, 2.75) is 19.8 Å². The second kappa shape index (κ2) is 12.7. The average molecular weight is 607 g/mol. The molecule has 0 heterocycles. The molecule has 2 aromatic carbocycles. The van der Waals surface area contributed by atoms with Gasteiger partial charge >= 0.3 is 0 Å². The van der Waals surface area contributed by atoms with Gasteiger partial charge in [0.25, 0.3) is 5.91 Å². The van der Waals surface area contributed by atoms with Gasteiger partial charge in [-0.25, -0.2) is 0 Å².